The third-order valence-electron chi connectivity index (χ3n) is 14.0. The molecule has 0 atom stereocenters. The van der Waals surface area contributed by atoms with E-state index in [1.165, 1.54) is 83.5 Å². The van der Waals surface area contributed by atoms with Gasteiger partial charge in [0.25, 0.3) is 0 Å². The molecule has 268 valence electrons. The maximum Gasteiger partial charge on any atom is 0.247 e. The van der Waals surface area contributed by atoms with Crippen LogP contribution in [0.5, 0.6) is 0 Å². The van der Waals surface area contributed by atoms with Crippen molar-refractivity contribution in [3.05, 3.63) is 177 Å². The number of hydrogen-bond donors (Lipinski definition) is 0. The molecule has 4 aliphatic rings. The lowest BCUT2D eigenvalue weighted by molar-refractivity contribution is 0.402. The van der Waals surface area contributed by atoms with E-state index in [2.05, 4.69) is 195 Å². The van der Waals surface area contributed by atoms with Crippen LogP contribution in [0.2, 0.25) is 0 Å². The van der Waals surface area contributed by atoms with E-state index in [-0.39, 0.29) is 28.4 Å². The fourth-order valence-corrected chi connectivity index (χ4v) is 12.6. The summed E-state index contributed by atoms with van der Waals surface area (Å²) in [6.45, 7) is 22.1. The minimum Gasteiger partial charge on any atom is -0.311 e. The largest absolute Gasteiger partial charge is 0.311 e. The normalized spacial score (nSPS) is 19.7. The zero-order chi connectivity index (χ0) is 37.6. The molecule has 0 saturated heterocycles. The van der Waals surface area contributed by atoms with Gasteiger partial charge in [0, 0.05) is 11.4 Å². The Hall–Kier alpha value is -4.82. The summed E-state index contributed by atoms with van der Waals surface area (Å²) < 4.78 is 0. The first-order valence-corrected chi connectivity index (χ1v) is 20.2. The highest BCUT2D eigenvalue weighted by Gasteiger charge is 2.54. The molecular weight excluding hydrogens is 649 g/mol. The molecule has 0 radical (unpaired) electrons. The van der Waals surface area contributed by atoms with Crippen LogP contribution in [0.3, 0.4) is 0 Å². The average Bonchev–Trinajstić information content (AvgIpc) is 3.45. The molecule has 0 unspecified atom stereocenters. The average molecular weight is 702 g/mol. The van der Waals surface area contributed by atoms with Crippen molar-refractivity contribution in [3.63, 3.8) is 0 Å². The van der Waals surface area contributed by atoms with E-state index >= 15 is 0 Å². The van der Waals surface area contributed by atoms with E-state index < -0.39 is 5.41 Å². The van der Waals surface area contributed by atoms with Gasteiger partial charge >= 0.3 is 0 Å². The van der Waals surface area contributed by atoms with Crippen molar-refractivity contribution in [2.45, 2.75) is 102 Å². The van der Waals surface area contributed by atoms with Gasteiger partial charge in [-0.05, 0) is 115 Å². The molecule has 0 fully saturated rings. The van der Waals surface area contributed by atoms with Gasteiger partial charge in [0.2, 0.25) is 6.71 Å². The van der Waals surface area contributed by atoms with Crippen molar-refractivity contribution in [1.82, 2.24) is 0 Å². The topological polar surface area (TPSA) is 3.24 Å². The van der Waals surface area contributed by atoms with Gasteiger partial charge in [-0.3, -0.25) is 0 Å². The van der Waals surface area contributed by atoms with Crippen LogP contribution in [0, 0.1) is 6.92 Å². The molecular formula is C52H52BN. The van der Waals surface area contributed by atoms with Crippen molar-refractivity contribution >= 4 is 40.2 Å². The lowest BCUT2D eigenvalue weighted by Crippen LogP contribution is -2.65. The first-order chi connectivity index (χ1) is 25.7. The van der Waals surface area contributed by atoms with Crippen molar-refractivity contribution in [3.8, 4) is 0 Å². The summed E-state index contributed by atoms with van der Waals surface area (Å²) in [4.78, 5) is 2.72. The molecule has 0 aromatic heterocycles. The zero-order valence-corrected chi connectivity index (χ0v) is 33.6. The molecule has 2 heteroatoms. The van der Waals surface area contributed by atoms with Crippen LogP contribution in [-0.2, 0) is 27.1 Å². The Morgan fingerprint density at radius 3 is 1.65 bits per heavy atom. The molecule has 2 aliphatic carbocycles. The van der Waals surface area contributed by atoms with Gasteiger partial charge < -0.3 is 4.90 Å². The second-order valence-corrected chi connectivity index (χ2v) is 19.6. The number of fused-ring (bicyclic) bond motifs is 6. The van der Waals surface area contributed by atoms with Crippen LogP contribution in [0.1, 0.15) is 118 Å². The molecule has 0 amide bonds. The molecule has 2 heterocycles. The van der Waals surface area contributed by atoms with Crippen LogP contribution in [0.15, 0.2) is 127 Å². The first-order valence-electron chi connectivity index (χ1n) is 20.2. The highest BCUT2D eigenvalue weighted by molar-refractivity contribution is 6.99. The van der Waals surface area contributed by atoms with Gasteiger partial charge in [-0.1, -0.05) is 176 Å². The lowest BCUT2D eigenvalue weighted by Gasteiger charge is -2.49. The number of rotatable bonds is 3. The molecule has 6 aromatic rings. The van der Waals surface area contributed by atoms with Gasteiger partial charge in [-0.2, -0.15) is 0 Å². The molecule has 6 aromatic carbocycles. The van der Waals surface area contributed by atoms with Crippen LogP contribution in [-0.4, -0.2) is 6.71 Å². The Morgan fingerprint density at radius 2 is 1.00 bits per heavy atom. The summed E-state index contributed by atoms with van der Waals surface area (Å²) in [6, 6.07) is 49.7. The van der Waals surface area contributed by atoms with E-state index in [1.807, 2.05) is 0 Å². The number of aryl methyl sites for hydroxylation is 1. The van der Waals surface area contributed by atoms with E-state index in [1.54, 1.807) is 0 Å². The standard InChI is InChI=1S/C52H52BN/c1-33-26-27-36-41(28-33)53-42-29-39-40(50(6,7)31-49(39,4)5)30-45(42)54(43-24-16-22-37-46(43)51(8,9)32-48(37,2)3)44-25-17-23-38(47(44)53)52(36,34-18-12-10-13-19-34)35-20-14-11-15-21-35/h10-30H,31-32H2,1-9H3. The number of anilines is 3. The summed E-state index contributed by atoms with van der Waals surface area (Å²) >= 11 is 0. The summed E-state index contributed by atoms with van der Waals surface area (Å²) in [6.07, 6.45) is 2.27. The van der Waals surface area contributed by atoms with Crippen LogP contribution in [0.25, 0.3) is 0 Å². The molecule has 0 saturated carbocycles. The van der Waals surface area contributed by atoms with Gasteiger partial charge in [-0.25, -0.2) is 0 Å². The third-order valence-corrected chi connectivity index (χ3v) is 14.0. The maximum absolute atomic E-state index is 2.72. The van der Waals surface area contributed by atoms with E-state index in [0.29, 0.717) is 0 Å². The Kier molecular flexibility index (Phi) is 6.81. The Bertz CT molecular complexity index is 2480. The minimum atomic E-state index is -0.492. The summed E-state index contributed by atoms with van der Waals surface area (Å²) in [5, 5.41) is 0. The molecule has 0 spiro atoms. The lowest BCUT2D eigenvalue weighted by atomic mass is 9.29. The quantitative estimate of drug-likeness (QED) is 0.166. The second-order valence-electron chi connectivity index (χ2n) is 19.6. The van der Waals surface area contributed by atoms with Crippen LogP contribution < -0.4 is 21.3 Å². The molecule has 0 N–H and O–H groups in total. The van der Waals surface area contributed by atoms with E-state index in [9.17, 15) is 0 Å². The second kappa shape index (κ2) is 10.9. The fourth-order valence-electron chi connectivity index (χ4n) is 12.6. The predicted molar refractivity (Wildman–Crippen MR) is 230 cm³/mol. The Morgan fingerprint density at radius 1 is 0.444 bits per heavy atom. The predicted octanol–water partition coefficient (Wildman–Crippen LogP) is 10.9. The number of hydrogen-bond acceptors (Lipinski definition) is 1. The molecule has 0 bridgehead atoms. The van der Waals surface area contributed by atoms with Gasteiger partial charge in [0.15, 0.2) is 0 Å². The van der Waals surface area contributed by atoms with Crippen molar-refractivity contribution < 1.29 is 0 Å². The number of nitrogens with zero attached hydrogens (tertiary/aromatic N) is 1. The first kappa shape index (κ1) is 33.7. The Labute approximate surface area is 323 Å². The molecule has 10 rings (SSSR count). The van der Waals surface area contributed by atoms with Crippen molar-refractivity contribution in [2.75, 3.05) is 4.90 Å². The summed E-state index contributed by atoms with van der Waals surface area (Å²) in [7, 11) is 0. The highest BCUT2D eigenvalue weighted by Crippen LogP contribution is 2.57. The van der Waals surface area contributed by atoms with Gasteiger partial charge in [0.05, 0.1) is 11.1 Å². The monoisotopic (exact) mass is 701 g/mol. The molecule has 2 aliphatic heterocycles. The highest BCUT2D eigenvalue weighted by atomic mass is 15.2. The smallest absolute Gasteiger partial charge is 0.247 e. The molecule has 54 heavy (non-hydrogen) atoms. The summed E-state index contributed by atoms with van der Waals surface area (Å²) in [5.41, 5.74) is 20.8. The van der Waals surface area contributed by atoms with Crippen molar-refractivity contribution in [1.29, 1.82) is 0 Å². The number of benzene rings is 6. The van der Waals surface area contributed by atoms with Gasteiger partial charge in [0.1, 0.15) is 0 Å². The van der Waals surface area contributed by atoms with Crippen LogP contribution in [0.4, 0.5) is 17.1 Å². The van der Waals surface area contributed by atoms with E-state index in [0.717, 1.165) is 12.8 Å². The van der Waals surface area contributed by atoms with Crippen LogP contribution >= 0.6 is 0 Å². The van der Waals surface area contributed by atoms with Crippen molar-refractivity contribution in [2.24, 2.45) is 0 Å². The minimum absolute atomic E-state index is 0.0286. The maximum atomic E-state index is 2.72. The zero-order valence-electron chi connectivity index (χ0n) is 33.6. The van der Waals surface area contributed by atoms with Gasteiger partial charge in [-0.15, -0.1) is 0 Å². The molecule has 1 nitrogen and oxygen atoms in total. The fraction of sp³-hybridized carbons (Fsp3) is 0.308. The SMILES string of the molecule is Cc1ccc2c(c1)B1c3cc4c(cc3N(c3cccc5c3C(C)(C)CC5(C)C)c3cccc(c31)C2(c1ccccc1)c1ccccc1)C(C)(C)CC4(C)C. The van der Waals surface area contributed by atoms with E-state index in [4.69, 9.17) is 0 Å². The summed E-state index contributed by atoms with van der Waals surface area (Å²) in [5.74, 6) is 0. The Balaban J connectivity index is 1.39. The third kappa shape index (κ3) is 4.35.